The van der Waals surface area contributed by atoms with Gasteiger partial charge in [-0.1, -0.05) is 0 Å². The summed E-state index contributed by atoms with van der Waals surface area (Å²) in [5.41, 5.74) is 1.27. The zero-order chi connectivity index (χ0) is 4.69. The van der Waals surface area contributed by atoms with Gasteiger partial charge in [0.15, 0.2) is 0 Å². The van der Waals surface area contributed by atoms with Gasteiger partial charge >= 0.3 is 0 Å². The molecular weight excluding hydrogens is 90.1 g/mol. The van der Waals surface area contributed by atoms with Gasteiger partial charge in [-0.05, 0) is 0 Å². The molecular formula is C5H7NO. The molecule has 1 saturated heterocycles. The van der Waals surface area contributed by atoms with E-state index < -0.39 is 0 Å². The Balaban J connectivity index is 2.30. The van der Waals surface area contributed by atoms with E-state index in [0.29, 0.717) is 6.10 Å². The summed E-state index contributed by atoms with van der Waals surface area (Å²) in [5.74, 6) is 0. The minimum atomic E-state index is 0.468. The van der Waals surface area contributed by atoms with Crippen molar-refractivity contribution in [3.05, 3.63) is 12.0 Å². The van der Waals surface area contributed by atoms with Crippen molar-refractivity contribution in [1.82, 2.24) is 5.32 Å². The third-order valence-electron chi connectivity index (χ3n) is 1.41. The summed E-state index contributed by atoms with van der Waals surface area (Å²) in [5, 5.41) is 3.19. The third kappa shape index (κ3) is 0.335. The van der Waals surface area contributed by atoms with Gasteiger partial charge in [0, 0.05) is 12.1 Å². The monoisotopic (exact) mass is 97.1 g/mol. The Kier molecular flexibility index (Phi) is 0.451. The van der Waals surface area contributed by atoms with Gasteiger partial charge in [-0.15, -0.1) is 0 Å². The maximum absolute atomic E-state index is 5.13. The Labute approximate surface area is 42.2 Å². The Bertz CT molecular complexity index is 119. The lowest BCUT2D eigenvalue weighted by molar-refractivity contribution is 0.175. The molecule has 7 heavy (non-hydrogen) atoms. The first-order chi connectivity index (χ1) is 3.45. The summed E-state index contributed by atoms with van der Waals surface area (Å²) < 4.78 is 5.13. The fourth-order valence-electron chi connectivity index (χ4n) is 0.999. The SMILES string of the molecule is C1=C2CC(CN2)O1. The number of nitrogens with one attached hydrogen (secondary N) is 1. The molecule has 2 bridgehead atoms. The molecule has 2 aliphatic rings. The van der Waals surface area contributed by atoms with Crippen molar-refractivity contribution in [3.63, 3.8) is 0 Å². The molecule has 0 radical (unpaired) electrons. The number of hydrogen-bond acceptors (Lipinski definition) is 2. The lowest BCUT2D eigenvalue weighted by Crippen LogP contribution is -2.17. The first-order valence-corrected chi connectivity index (χ1v) is 2.53. The summed E-state index contributed by atoms with van der Waals surface area (Å²) in [6.07, 6.45) is 3.39. The Morgan fingerprint density at radius 3 is 3.00 bits per heavy atom. The van der Waals surface area contributed by atoms with E-state index in [-0.39, 0.29) is 0 Å². The largest absolute Gasteiger partial charge is 0.494 e. The van der Waals surface area contributed by atoms with Gasteiger partial charge in [-0.2, -0.15) is 0 Å². The van der Waals surface area contributed by atoms with Crippen LogP contribution in [0.15, 0.2) is 12.0 Å². The van der Waals surface area contributed by atoms with Crippen LogP contribution in [-0.4, -0.2) is 12.6 Å². The maximum atomic E-state index is 5.13. The van der Waals surface area contributed by atoms with Gasteiger partial charge in [-0.3, -0.25) is 0 Å². The molecule has 1 atom stereocenters. The molecule has 0 spiro atoms. The molecule has 1 unspecified atom stereocenters. The van der Waals surface area contributed by atoms with Crippen molar-refractivity contribution < 1.29 is 4.74 Å². The average Bonchev–Trinajstić information content (AvgIpc) is 2.22. The number of ether oxygens (including phenoxy) is 1. The number of hydrogen-bond donors (Lipinski definition) is 1. The van der Waals surface area contributed by atoms with Crippen molar-refractivity contribution in [2.24, 2.45) is 0 Å². The Morgan fingerprint density at radius 1 is 1.86 bits per heavy atom. The topological polar surface area (TPSA) is 21.3 Å². The Morgan fingerprint density at radius 2 is 2.86 bits per heavy atom. The van der Waals surface area contributed by atoms with Crippen LogP contribution in [-0.2, 0) is 4.74 Å². The molecule has 2 nitrogen and oxygen atoms in total. The average molecular weight is 97.1 g/mol. The lowest BCUT2D eigenvalue weighted by Gasteiger charge is -2.05. The van der Waals surface area contributed by atoms with Crippen LogP contribution in [0.1, 0.15) is 6.42 Å². The molecule has 0 aromatic carbocycles. The molecule has 0 aromatic heterocycles. The van der Waals surface area contributed by atoms with Crippen molar-refractivity contribution >= 4 is 0 Å². The predicted octanol–water partition coefficient (Wildman–Crippen LogP) is 0.220. The van der Waals surface area contributed by atoms with E-state index in [1.807, 2.05) is 6.26 Å². The zero-order valence-corrected chi connectivity index (χ0v) is 3.98. The van der Waals surface area contributed by atoms with Gasteiger partial charge in [0.05, 0.1) is 6.54 Å². The maximum Gasteiger partial charge on any atom is 0.121 e. The summed E-state index contributed by atoms with van der Waals surface area (Å²) in [6.45, 7) is 1.02. The molecule has 1 fully saturated rings. The van der Waals surface area contributed by atoms with E-state index in [4.69, 9.17) is 4.74 Å². The molecule has 38 valence electrons. The van der Waals surface area contributed by atoms with Crippen molar-refractivity contribution in [1.29, 1.82) is 0 Å². The Hall–Kier alpha value is -0.660. The van der Waals surface area contributed by atoms with E-state index in [1.54, 1.807) is 0 Å². The molecule has 0 aromatic rings. The van der Waals surface area contributed by atoms with Crippen LogP contribution in [0.5, 0.6) is 0 Å². The first kappa shape index (κ1) is 3.36. The molecule has 2 aliphatic heterocycles. The van der Waals surface area contributed by atoms with Crippen molar-refractivity contribution in [2.75, 3.05) is 6.54 Å². The smallest absolute Gasteiger partial charge is 0.121 e. The minimum Gasteiger partial charge on any atom is -0.494 e. The molecule has 2 heteroatoms. The molecule has 2 heterocycles. The molecule has 2 rings (SSSR count). The van der Waals surface area contributed by atoms with Gasteiger partial charge in [0.2, 0.25) is 0 Å². The number of fused-ring (bicyclic) bond motifs is 2. The van der Waals surface area contributed by atoms with Gasteiger partial charge in [-0.25, -0.2) is 0 Å². The third-order valence-corrected chi connectivity index (χ3v) is 1.41. The lowest BCUT2D eigenvalue weighted by atomic mass is 10.3. The highest BCUT2D eigenvalue weighted by atomic mass is 16.5. The van der Waals surface area contributed by atoms with E-state index >= 15 is 0 Å². The fourth-order valence-corrected chi connectivity index (χ4v) is 0.999. The molecule has 0 aliphatic carbocycles. The van der Waals surface area contributed by atoms with Gasteiger partial charge in [0.1, 0.15) is 12.4 Å². The second-order valence-corrected chi connectivity index (χ2v) is 1.99. The molecule has 0 amide bonds. The van der Waals surface area contributed by atoms with E-state index in [2.05, 4.69) is 5.32 Å². The molecule has 0 saturated carbocycles. The summed E-state index contributed by atoms with van der Waals surface area (Å²) in [4.78, 5) is 0. The van der Waals surface area contributed by atoms with Crippen LogP contribution in [0, 0.1) is 0 Å². The predicted molar refractivity (Wildman–Crippen MR) is 25.6 cm³/mol. The van der Waals surface area contributed by atoms with Crippen LogP contribution in [0.4, 0.5) is 0 Å². The van der Waals surface area contributed by atoms with Crippen molar-refractivity contribution in [3.8, 4) is 0 Å². The summed E-state index contributed by atoms with van der Waals surface area (Å²) in [6, 6.07) is 0. The van der Waals surface area contributed by atoms with Crippen LogP contribution in [0.2, 0.25) is 0 Å². The zero-order valence-electron chi connectivity index (χ0n) is 3.98. The van der Waals surface area contributed by atoms with Crippen molar-refractivity contribution in [2.45, 2.75) is 12.5 Å². The standard InChI is InChI=1S/C5H7NO/c1-4-3-7-5(1)2-6-4/h3,5-6H,1-2H2. The second-order valence-electron chi connectivity index (χ2n) is 1.99. The van der Waals surface area contributed by atoms with Crippen LogP contribution in [0.3, 0.4) is 0 Å². The van der Waals surface area contributed by atoms with E-state index in [1.165, 1.54) is 5.70 Å². The van der Waals surface area contributed by atoms with Crippen LogP contribution >= 0.6 is 0 Å². The highest BCUT2D eigenvalue weighted by Gasteiger charge is 2.24. The molecule has 1 N–H and O–H groups in total. The summed E-state index contributed by atoms with van der Waals surface area (Å²) in [7, 11) is 0. The normalized spacial score (nSPS) is 34.3. The number of rotatable bonds is 0. The van der Waals surface area contributed by atoms with Gasteiger partial charge < -0.3 is 10.1 Å². The van der Waals surface area contributed by atoms with Crippen LogP contribution < -0.4 is 5.32 Å². The van der Waals surface area contributed by atoms with Crippen LogP contribution in [0.25, 0.3) is 0 Å². The highest BCUT2D eigenvalue weighted by Crippen LogP contribution is 2.20. The minimum absolute atomic E-state index is 0.468. The quantitative estimate of drug-likeness (QED) is 0.467. The van der Waals surface area contributed by atoms with Gasteiger partial charge in [0.25, 0.3) is 0 Å². The second kappa shape index (κ2) is 0.941. The fraction of sp³-hybridized carbons (Fsp3) is 0.600. The highest BCUT2D eigenvalue weighted by molar-refractivity contribution is 5.09. The first-order valence-electron chi connectivity index (χ1n) is 2.53. The van der Waals surface area contributed by atoms with E-state index in [0.717, 1.165) is 13.0 Å². The summed E-state index contributed by atoms with van der Waals surface area (Å²) >= 11 is 0. The van der Waals surface area contributed by atoms with E-state index in [9.17, 15) is 0 Å².